The van der Waals surface area contributed by atoms with Crippen LogP contribution in [0, 0.1) is 12.3 Å². The van der Waals surface area contributed by atoms with Gasteiger partial charge >= 0.3 is 0 Å². The Morgan fingerprint density at radius 1 is 1.47 bits per heavy atom. The summed E-state index contributed by atoms with van der Waals surface area (Å²) in [6.07, 6.45) is 5.72. The number of methoxy groups -OCH3 is 1. The Bertz CT molecular complexity index is 1280. The molecule has 1 saturated heterocycles. The second-order valence-electron chi connectivity index (χ2n) is 8.00. The number of hydrogen-bond donors (Lipinski definition) is 2. The number of thiazole rings is 1. The Balaban J connectivity index is 1.70. The zero-order valence-electron chi connectivity index (χ0n) is 19.5. The zero-order chi connectivity index (χ0) is 26.0. The van der Waals surface area contributed by atoms with Crippen LogP contribution in [0.15, 0.2) is 28.7 Å². The lowest BCUT2D eigenvalue weighted by atomic mass is 9.97. The van der Waals surface area contributed by atoms with Crippen molar-refractivity contribution in [2.24, 2.45) is 0 Å². The van der Waals surface area contributed by atoms with E-state index in [9.17, 15) is 15.0 Å². The maximum absolute atomic E-state index is 12.8. The Morgan fingerprint density at radius 3 is 2.86 bits per heavy atom. The van der Waals surface area contributed by atoms with Crippen LogP contribution in [0.4, 0.5) is 0 Å². The number of rotatable bonds is 7. The van der Waals surface area contributed by atoms with Crippen molar-refractivity contribution < 1.29 is 24.5 Å². The molecule has 1 amide bonds. The summed E-state index contributed by atoms with van der Waals surface area (Å²) in [5, 5.41) is 31.9. The molecule has 4 heterocycles. The fourth-order valence-electron chi connectivity index (χ4n) is 3.71. The average molecular weight is 551 g/mol. The van der Waals surface area contributed by atoms with Gasteiger partial charge in [0.25, 0.3) is 5.91 Å². The number of carbonyl (C=O) groups is 1. The van der Waals surface area contributed by atoms with Crippen molar-refractivity contribution >= 4 is 40.6 Å². The number of terminal acetylenes is 1. The predicted octanol–water partition coefficient (Wildman–Crippen LogP) is 1.56. The minimum Gasteiger partial charge on any atom is -0.394 e. The average Bonchev–Trinajstić information content (AvgIpc) is 3.53. The molecule has 3 aromatic heterocycles. The number of thioether (sulfide) groups is 1. The first-order valence-electron chi connectivity index (χ1n) is 10.6. The topological polar surface area (TPSA) is 136 Å². The van der Waals surface area contributed by atoms with E-state index in [1.54, 1.807) is 31.7 Å². The first-order valence-corrected chi connectivity index (χ1v) is 12.8. The van der Waals surface area contributed by atoms with Gasteiger partial charge in [0.2, 0.25) is 0 Å². The Hall–Kier alpha value is -2.57. The number of aliphatic hydroxyl groups excluding tert-OH is 2. The molecule has 0 bridgehead atoms. The van der Waals surface area contributed by atoms with Crippen LogP contribution in [-0.4, -0.2) is 97.5 Å². The molecule has 0 spiro atoms. The maximum atomic E-state index is 12.8. The van der Waals surface area contributed by atoms with Crippen LogP contribution in [0.25, 0.3) is 10.7 Å². The van der Waals surface area contributed by atoms with Crippen LogP contribution in [0.2, 0.25) is 5.15 Å². The van der Waals surface area contributed by atoms with E-state index in [0.29, 0.717) is 26.3 Å². The van der Waals surface area contributed by atoms with Gasteiger partial charge in [-0.25, -0.2) is 14.6 Å². The number of pyridine rings is 1. The summed E-state index contributed by atoms with van der Waals surface area (Å²) in [6.45, 7) is -0.457. The summed E-state index contributed by atoms with van der Waals surface area (Å²) in [5.74, 6) is 2.20. The molecule has 1 aliphatic heterocycles. The van der Waals surface area contributed by atoms with E-state index in [-0.39, 0.29) is 11.6 Å². The second-order valence-corrected chi connectivity index (χ2v) is 10.4. The summed E-state index contributed by atoms with van der Waals surface area (Å²) < 4.78 is 13.2. The van der Waals surface area contributed by atoms with Gasteiger partial charge in [-0.15, -0.1) is 22.9 Å². The van der Waals surface area contributed by atoms with E-state index < -0.39 is 36.4 Å². The molecule has 1 aliphatic rings. The number of amides is 1. The smallest absolute Gasteiger partial charge is 0.273 e. The molecule has 4 rings (SSSR count). The van der Waals surface area contributed by atoms with Crippen molar-refractivity contribution in [2.45, 2.75) is 34.7 Å². The van der Waals surface area contributed by atoms with Crippen LogP contribution in [0.5, 0.6) is 0 Å². The van der Waals surface area contributed by atoms with Gasteiger partial charge in [0.15, 0.2) is 0 Å². The van der Waals surface area contributed by atoms with E-state index in [4.69, 9.17) is 27.5 Å². The highest BCUT2D eigenvalue weighted by Crippen LogP contribution is 2.40. The van der Waals surface area contributed by atoms with Crippen LogP contribution in [-0.2, 0) is 9.47 Å². The van der Waals surface area contributed by atoms with Gasteiger partial charge in [-0.3, -0.25) is 4.79 Å². The molecular weight excluding hydrogens is 528 g/mol. The van der Waals surface area contributed by atoms with Crippen LogP contribution in [0.1, 0.15) is 22.1 Å². The molecule has 0 aliphatic carbocycles. The van der Waals surface area contributed by atoms with Crippen molar-refractivity contribution in [1.82, 2.24) is 29.9 Å². The molecule has 3 aromatic rings. The van der Waals surface area contributed by atoms with E-state index >= 15 is 0 Å². The van der Waals surface area contributed by atoms with Gasteiger partial charge in [-0.2, -0.15) is 0 Å². The molecule has 0 radical (unpaired) electrons. The number of carbonyl (C=O) groups excluding carboxylic acids is 1. The van der Waals surface area contributed by atoms with Crippen molar-refractivity contribution in [3.05, 3.63) is 40.3 Å². The van der Waals surface area contributed by atoms with Gasteiger partial charge in [-0.1, -0.05) is 34.5 Å². The lowest BCUT2D eigenvalue weighted by Crippen LogP contribution is -2.55. The summed E-state index contributed by atoms with van der Waals surface area (Å²) in [5.41, 5.74) is 0.367. The molecule has 1 fully saturated rings. The highest BCUT2D eigenvalue weighted by molar-refractivity contribution is 8.00. The third kappa shape index (κ3) is 5.25. The molecule has 11 nitrogen and oxygen atoms in total. The summed E-state index contributed by atoms with van der Waals surface area (Å²) >= 11 is 8.41. The first-order chi connectivity index (χ1) is 17.3. The van der Waals surface area contributed by atoms with E-state index in [0.717, 1.165) is 11.8 Å². The molecule has 2 N–H and O–H groups in total. The lowest BCUT2D eigenvalue weighted by Gasteiger charge is -2.43. The third-order valence-corrected chi connectivity index (χ3v) is 7.84. The highest BCUT2D eigenvalue weighted by Gasteiger charge is 2.48. The van der Waals surface area contributed by atoms with E-state index in [1.807, 2.05) is 0 Å². The van der Waals surface area contributed by atoms with Crippen LogP contribution >= 0.6 is 34.7 Å². The molecule has 5 atom stereocenters. The molecular formula is C22H23ClN6O5S2. The minimum atomic E-state index is -1.18. The second kappa shape index (κ2) is 11.2. The van der Waals surface area contributed by atoms with E-state index in [2.05, 4.69) is 26.2 Å². The maximum Gasteiger partial charge on any atom is 0.273 e. The Labute approximate surface area is 220 Å². The standard InChI is InChI=1S/C22H23ClN6O5S2/c1-5-11-6-14(16(24-7-11)21(32)28(2)3)36-22-19(33-4)17(18(31)13(9-30)34-22)29-8-12(26-27-29)20-25-15(23)10-35-20/h1,6-8,10,13,17-19,22,30-31H,9H2,2-4H3/t13?,17?,18-,19?,22+/m0/s1. The van der Waals surface area contributed by atoms with Gasteiger partial charge < -0.3 is 24.6 Å². The van der Waals surface area contributed by atoms with Gasteiger partial charge in [0.1, 0.15) is 51.3 Å². The molecule has 14 heteroatoms. The largest absolute Gasteiger partial charge is 0.394 e. The summed E-state index contributed by atoms with van der Waals surface area (Å²) in [7, 11) is 4.71. The third-order valence-electron chi connectivity index (χ3n) is 5.48. The van der Waals surface area contributed by atoms with Crippen LogP contribution < -0.4 is 0 Å². The van der Waals surface area contributed by atoms with Gasteiger partial charge in [-0.05, 0) is 6.07 Å². The van der Waals surface area contributed by atoms with E-state index in [1.165, 1.54) is 34.2 Å². The number of aromatic nitrogens is 5. The van der Waals surface area contributed by atoms with Crippen LogP contribution in [0.3, 0.4) is 0 Å². The first kappa shape index (κ1) is 26.5. The van der Waals surface area contributed by atoms with Crippen molar-refractivity contribution in [3.8, 4) is 23.0 Å². The minimum absolute atomic E-state index is 0.189. The van der Waals surface area contributed by atoms with Crippen molar-refractivity contribution in [1.29, 1.82) is 0 Å². The zero-order valence-corrected chi connectivity index (χ0v) is 21.9. The van der Waals surface area contributed by atoms with Gasteiger partial charge in [0.05, 0.1) is 12.8 Å². The Morgan fingerprint density at radius 2 is 2.25 bits per heavy atom. The van der Waals surface area contributed by atoms with Gasteiger partial charge in [0, 0.05) is 43.2 Å². The molecule has 190 valence electrons. The van der Waals surface area contributed by atoms with Crippen molar-refractivity contribution in [2.75, 3.05) is 27.8 Å². The number of aliphatic hydroxyl groups is 2. The lowest BCUT2D eigenvalue weighted by molar-refractivity contribution is -0.186. The molecule has 0 aromatic carbocycles. The quantitative estimate of drug-likeness (QED) is 0.417. The monoisotopic (exact) mass is 550 g/mol. The molecule has 36 heavy (non-hydrogen) atoms. The number of hydrogen-bond acceptors (Lipinski definition) is 11. The molecule has 0 saturated carbocycles. The SMILES string of the molecule is C#Cc1cnc(C(=O)N(C)C)c(S[C@H]2OC(CO)[C@H](O)C(n3cc(-c4nc(Cl)cs4)nn3)C2OC)c1. The summed E-state index contributed by atoms with van der Waals surface area (Å²) in [4.78, 5) is 23.1. The fourth-order valence-corrected chi connectivity index (χ4v) is 5.91. The number of halogens is 1. The number of nitrogens with zero attached hydrogens (tertiary/aromatic N) is 6. The Kier molecular flexibility index (Phi) is 8.26. The molecule has 3 unspecified atom stereocenters. The van der Waals surface area contributed by atoms with Crippen molar-refractivity contribution in [3.63, 3.8) is 0 Å². The summed E-state index contributed by atoms with van der Waals surface area (Å²) in [6, 6.07) is 0.880. The number of ether oxygens (including phenoxy) is 2. The predicted molar refractivity (Wildman–Crippen MR) is 134 cm³/mol. The normalized spacial score (nSPS) is 23.9. The fraction of sp³-hybridized carbons (Fsp3) is 0.409. The highest BCUT2D eigenvalue weighted by atomic mass is 35.5.